The van der Waals surface area contributed by atoms with E-state index in [-0.39, 0.29) is 6.73 Å². The van der Waals surface area contributed by atoms with Crippen molar-refractivity contribution in [3.8, 4) is 11.5 Å². The fourth-order valence-corrected chi connectivity index (χ4v) is 2.44. The molecule has 0 radical (unpaired) electrons. The van der Waals surface area contributed by atoms with E-state index in [1.807, 2.05) is 32.9 Å². The van der Waals surface area contributed by atoms with Gasteiger partial charge >= 0.3 is 6.03 Å². The fourth-order valence-electron chi connectivity index (χ4n) is 2.27. The number of rotatable bonds is 5. The summed E-state index contributed by atoms with van der Waals surface area (Å²) < 4.78 is 10.9. The molecule has 0 unspecified atom stereocenters. The predicted octanol–water partition coefficient (Wildman–Crippen LogP) is 4.43. The van der Waals surface area contributed by atoms with E-state index in [0.29, 0.717) is 16.5 Å². The van der Waals surface area contributed by atoms with E-state index in [4.69, 9.17) is 21.1 Å². The third-order valence-corrected chi connectivity index (χ3v) is 3.97. The number of ether oxygens (including phenoxy) is 2. The van der Waals surface area contributed by atoms with Gasteiger partial charge in [0.2, 0.25) is 0 Å². The molecule has 0 aromatic heterocycles. The lowest BCUT2D eigenvalue weighted by Crippen LogP contribution is -2.32. The molecule has 24 heavy (non-hydrogen) atoms. The molecule has 0 bridgehead atoms. The van der Waals surface area contributed by atoms with Gasteiger partial charge in [0.1, 0.15) is 11.5 Å². The summed E-state index contributed by atoms with van der Waals surface area (Å²) in [4.78, 5) is 12.0. The highest BCUT2D eigenvalue weighted by Gasteiger charge is 2.10. The summed E-state index contributed by atoms with van der Waals surface area (Å²) in [6.45, 7) is 6.04. The molecule has 2 aromatic carbocycles. The molecule has 128 valence electrons. The Hall–Kier alpha value is -2.40. The van der Waals surface area contributed by atoms with E-state index in [9.17, 15) is 4.79 Å². The van der Waals surface area contributed by atoms with Crippen LogP contribution in [-0.4, -0.2) is 19.9 Å². The average molecular weight is 349 g/mol. The molecule has 0 aliphatic carbocycles. The third kappa shape index (κ3) is 4.32. The Bertz CT molecular complexity index is 747. The fraction of sp³-hybridized carbons (Fsp3) is 0.278. The molecule has 0 saturated heterocycles. The summed E-state index contributed by atoms with van der Waals surface area (Å²) in [6.07, 6.45) is 0. The maximum Gasteiger partial charge on any atom is 0.321 e. The topological polar surface area (TPSA) is 59.6 Å². The summed E-state index contributed by atoms with van der Waals surface area (Å²) in [6, 6.07) is 8.63. The van der Waals surface area contributed by atoms with Crippen LogP contribution in [0.1, 0.15) is 16.7 Å². The summed E-state index contributed by atoms with van der Waals surface area (Å²) in [5.74, 6) is 1.32. The normalized spacial score (nSPS) is 10.2. The number of benzene rings is 2. The van der Waals surface area contributed by atoms with Crippen molar-refractivity contribution < 1.29 is 14.3 Å². The first-order valence-electron chi connectivity index (χ1n) is 7.50. The molecule has 2 amide bonds. The van der Waals surface area contributed by atoms with Crippen molar-refractivity contribution in [2.75, 3.05) is 19.2 Å². The van der Waals surface area contributed by atoms with E-state index in [2.05, 4.69) is 10.6 Å². The molecule has 2 N–H and O–H groups in total. The smallest absolute Gasteiger partial charge is 0.321 e. The Kier molecular flexibility index (Phi) is 5.93. The molecule has 2 rings (SSSR count). The molecular weight excluding hydrogens is 328 g/mol. The lowest BCUT2D eigenvalue weighted by atomic mass is 10.1. The second kappa shape index (κ2) is 7.93. The van der Waals surface area contributed by atoms with Gasteiger partial charge in [-0.3, -0.25) is 0 Å². The van der Waals surface area contributed by atoms with E-state index >= 15 is 0 Å². The molecule has 0 aliphatic heterocycles. The highest BCUT2D eigenvalue weighted by molar-refractivity contribution is 6.31. The molecule has 0 saturated carbocycles. The van der Waals surface area contributed by atoms with Gasteiger partial charge in [-0.15, -0.1) is 0 Å². The minimum absolute atomic E-state index is 0.0554. The van der Waals surface area contributed by atoms with E-state index in [0.717, 1.165) is 22.4 Å². The van der Waals surface area contributed by atoms with Crippen molar-refractivity contribution in [2.45, 2.75) is 20.8 Å². The number of amides is 2. The van der Waals surface area contributed by atoms with Gasteiger partial charge in [-0.05, 0) is 55.7 Å². The van der Waals surface area contributed by atoms with Gasteiger partial charge in [0.25, 0.3) is 0 Å². The van der Waals surface area contributed by atoms with Gasteiger partial charge in [0, 0.05) is 5.02 Å². The summed E-state index contributed by atoms with van der Waals surface area (Å²) in [5, 5.41) is 5.85. The minimum atomic E-state index is -0.404. The number of hydrogen-bond donors (Lipinski definition) is 2. The Balaban J connectivity index is 1.95. The van der Waals surface area contributed by atoms with E-state index in [1.165, 1.54) is 7.11 Å². The first-order valence-corrected chi connectivity index (χ1v) is 7.88. The standard InChI is InChI=1S/C18H21ClN2O3/c1-11-5-6-12(2)17(13(11)3)24-10-20-18(22)21-15-9-14(19)7-8-16(15)23-4/h5-9H,10H2,1-4H3,(H2,20,21,22). The van der Waals surface area contributed by atoms with Crippen LogP contribution in [0.4, 0.5) is 10.5 Å². The highest BCUT2D eigenvalue weighted by Crippen LogP contribution is 2.28. The zero-order valence-corrected chi connectivity index (χ0v) is 15.0. The van der Waals surface area contributed by atoms with Crippen LogP contribution < -0.4 is 20.1 Å². The zero-order chi connectivity index (χ0) is 17.7. The first-order chi connectivity index (χ1) is 11.4. The molecule has 0 fully saturated rings. The van der Waals surface area contributed by atoms with Gasteiger partial charge in [0.05, 0.1) is 12.8 Å². The highest BCUT2D eigenvalue weighted by atomic mass is 35.5. The summed E-state index contributed by atoms with van der Waals surface area (Å²) in [5.41, 5.74) is 3.72. The minimum Gasteiger partial charge on any atom is -0.495 e. The van der Waals surface area contributed by atoms with Crippen LogP contribution in [0.5, 0.6) is 11.5 Å². The second-order valence-corrected chi connectivity index (χ2v) is 5.85. The van der Waals surface area contributed by atoms with Crippen molar-refractivity contribution in [2.24, 2.45) is 0 Å². The first kappa shape index (κ1) is 17.9. The van der Waals surface area contributed by atoms with Gasteiger partial charge < -0.3 is 20.1 Å². The summed E-state index contributed by atoms with van der Waals surface area (Å²) in [7, 11) is 1.53. The maximum absolute atomic E-state index is 12.0. The largest absolute Gasteiger partial charge is 0.495 e. The molecule has 6 heteroatoms. The van der Waals surface area contributed by atoms with E-state index in [1.54, 1.807) is 18.2 Å². The molecular formula is C18H21ClN2O3. The van der Waals surface area contributed by atoms with Crippen LogP contribution in [-0.2, 0) is 0 Å². The van der Waals surface area contributed by atoms with Crippen LogP contribution in [0, 0.1) is 20.8 Å². The van der Waals surface area contributed by atoms with Crippen LogP contribution in [0.25, 0.3) is 0 Å². The van der Waals surface area contributed by atoms with E-state index < -0.39 is 6.03 Å². The van der Waals surface area contributed by atoms with Gasteiger partial charge in [-0.2, -0.15) is 0 Å². The molecule has 5 nitrogen and oxygen atoms in total. The molecule has 0 aliphatic rings. The Morgan fingerprint density at radius 3 is 2.54 bits per heavy atom. The number of carbonyl (C=O) groups excluding carboxylic acids is 1. The van der Waals surface area contributed by atoms with Crippen molar-refractivity contribution >= 4 is 23.3 Å². The number of nitrogens with one attached hydrogen (secondary N) is 2. The monoisotopic (exact) mass is 348 g/mol. The van der Waals surface area contributed by atoms with Gasteiger partial charge in [0.15, 0.2) is 6.73 Å². The maximum atomic E-state index is 12.0. The molecule has 0 spiro atoms. The zero-order valence-electron chi connectivity index (χ0n) is 14.2. The predicted molar refractivity (Wildman–Crippen MR) is 96.3 cm³/mol. The number of methoxy groups -OCH3 is 1. The SMILES string of the molecule is COc1ccc(Cl)cc1NC(=O)NCOc1c(C)ccc(C)c1C. The van der Waals surface area contributed by atoms with Crippen LogP contribution in [0.15, 0.2) is 30.3 Å². The lowest BCUT2D eigenvalue weighted by molar-refractivity contribution is 0.234. The van der Waals surface area contributed by atoms with Gasteiger partial charge in [-0.25, -0.2) is 4.79 Å². The van der Waals surface area contributed by atoms with Crippen molar-refractivity contribution in [3.05, 3.63) is 52.0 Å². The molecule has 0 heterocycles. The number of hydrogen-bond acceptors (Lipinski definition) is 3. The van der Waals surface area contributed by atoms with Crippen molar-refractivity contribution in [1.82, 2.24) is 5.32 Å². The number of halogens is 1. The van der Waals surface area contributed by atoms with Crippen molar-refractivity contribution in [3.63, 3.8) is 0 Å². The Labute approximate surface area is 146 Å². The second-order valence-electron chi connectivity index (χ2n) is 5.42. The van der Waals surface area contributed by atoms with Crippen LogP contribution in [0.2, 0.25) is 5.02 Å². The lowest BCUT2D eigenvalue weighted by Gasteiger charge is -2.15. The Morgan fingerprint density at radius 1 is 1.12 bits per heavy atom. The molecule has 0 atom stereocenters. The average Bonchev–Trinajstić information content (AvgIpc) is 2.54. The Morgan fingerprint density at radius 2 is 1.83 bits per heavy atom. The molecule has 2 aromatic rings. The summed E-state index contributed by atoms with van der Waals surface area (Å²) >= 11 is 5.94. The number of anilines is 1. The quantitative estimate of drug-likeness (QED) is 0.786. The van der Waals surface area contributed by atoms with Crippen LogP contribution >= 0.6 is 11.6 Å². The number of carbonyl (C=O) groups is 1. The van der Waals surface area contributed by atoms with Crippen molar-refractivity contribution in [1.29, 1.82) is 0 Å². The number of aryl methyl sites for hydroxylation is 2. The van der Waals surface area contributed by atoms with Crippen LogP contribution in [0.3, 0.4) is 0 Å². The third-order valence-electron chi connectivity index (χ3n) is 3.73. The number of urea groups is 1. The van der Waals surface area contributed by atoms with Gasteiger partial charge in [-0.1, -0.05) is 23.7 Å².